The van der Waals surface area contributed by atoms with Crippen molar-refractivity contribution < 1.29 is 0 Å². The molecule has 0 N–H and O–H groups in total. The summed E-state index contributed by atoms with van der Waals surface area (Å²) in [5.74, 6) is 0. The Kier molecular flexibility index (Phi) is 5.94. The van der Waals surface area contributed by atoms with Crippen molar-refractivity contribution in [1.29, 1.82) is 0 Å². The third-order valence-electron chi connectivity index (χ3n) is 9.32. The molecule has 0 radical (unpaired) electrons. The maximum absolute atomic E-state index is 4.98. The standard InChI is InChI=1S/C43H31N3/c1-28-11-18-33(19-12-28)45-40-9-5-3-7-35(40)37-25-30(16-23-42(37)45)32-15-22-39(44-27-32)31-17-24-43-38(26-31)36-8-4-6-10-41(36)46(43)34-20-13-29(2)14-21-34/h3-27H,1-2H3. The van der Waals surface area contributed by atoms with Gasteiger partial charge in [0.15, 0.2) is 0 Å². The van der Waals surface area contributed by atoms with Crippen molar-refractivity contribution in [2.24, 2.45) is 0 Å². The molecule has 0 amide bonds. The topological polar surface area (TPSA) is 22.8 Å². The Morgan fingerprint density at radius 3 is 1.37 bits per heavy atom. The van der Waals surface area contributed by atoms with E-state index >= 15 is 0 Å². The largest absolute Gasteiger partial charge is 0.309 e. The van der Waals surface area contributed by atoms with Crippen molar-refractivity contribution in [2.75, 3.05) is 0 Å². The van der Waals surface area contributed by atoms with Crippen LogP contribution in [-0.2, 0) is 0 Å². The average Bonchev–Trinajstić information content (AvgIpc) is 3.61. The Labute approximate surface area is 267 Å². The first-order valence-corrected chi connectivity index (χ1v) is 15.8. The van der Waals surface area contributed by atoms with E-state index in [0.29, 0.717) is 0 Å². The number of pyridine rings is 1. The van der Waals surface area contributed by atoms with Crippen LogP contribution >= 0.6 is 0 Å². The molecule has 3 heteroatoms. The van der Waals surface area contributed by atoms with Gasteiger partial charge in [-0.25, -0.2) is 0 Å². The first-order valence-electron chi connectivity index (χ1n) is 15.8. The van der Waals surface area contributed by atoms with Crippen molar-refractivity contribution in [3.8, 4) is 33.8 Å². The van der Waals surface area contributed by atoms with E-state index in [1.54, 1.807) is 0 Å². The zero-order valence-electron chi connectivity index (χ0n) is 25.8. The van der Waals surface area contributed by atoms with Gasteiger partial charge in [0, 0.05) is 50.2 Å². The number of para-hydroxylation sites is 2. The van der Waals surface area contributed by atoms with E-state index in [1.165, 1.54) is 66.1 Å². The fourth-order valence-electron chi connectivity index (χ4n) is 6.96. The van der Waals surface area contributed by atoms with Crippen molar-refractivity contribution in [2.45, 2.75) is 13.8 Å². The van der Waals surface area contributed by atoms with E-state index in [1.807, 2.05) is 6.20 Å². The number of hydrogen-bond acceptors (Lipinski definition) is 1. The first-order chi connectivity index (χ1) is 22.6. The molecule has 0 saturated heterocycles. The van der Waals surface area contributed by atoms with E-state index in [9.17, 15) is 0 Å². The van der Waals surface area contributed by atoms with Gasteiger partial charge in [-0.2, -0.15) is 0 Å². The van der Waals surface area contributed by atoms with Crippen LogP contribution in [0.3, 0.4) is 0 Å². The molecule has 3 nitrogen and oxygen atoms in total. The van der Waals surface area contributed by atoms with Crippen molar-refractivity contribution in [3.05, 3.63) is 163 Å². The number of hydrogen-bond donors (Lipinski definition) is 0. The normalized spacial score (nSPS) is 11.7. The van der Waals surface area contributed by atoms with Gasteiger partial charge >= 0.3 is 0 Å². The lowest BCUT2D eigenvalue weighted by atomic mass is 10.0. The van der Waals surface area contributed by atoms with Gasteiger partial charge in [0.25, 0.3) is 0 Å². The zero-order valence-corrected chi connectivity index (χ0v) is 25.8. The van der Waals surface area contributed by atoms with Crippen molar-refractivity contribution in [3.63, 3.8) is 0 Å². The number of fused-ring (bicyclic) bond motifs is 6. The molecule has 0 aliphatic carbocycles. The van der Waals surface area contributed by atoms with Gasteiger partial charge < -0.3 is 9.13 Å². The maximum atomic E-state index is 4.98. The van der Waals surface area contributed by atoms with Crippen LogP contribution in [-0.4, -0.2) is 14.1 Å². The predicted octanol–water partition coefficient (Wildman–Crippen LogP) is 11.2. The first kappa shape index (κ1) is 26.5. The molecule has 6 aromatic carbocycles. The second kappa shape index (κ2) is 10.3. The highest BCUT2D eigenvalue weighted by Crippen LogP contribution is 2.37. The Morgan fingerprint density at radius 1 is 0.391 bits per heavy atom. The molecule has 0 aliphatic heterocycles. The van der Waals surface area contributed by atoms with Crippen LogP contribution in [0, 0.1) is 13.8 Å². The van der Waals surface area contributed by atoms with Gasteiger partial charge in [0.05, 0.1) is 27.8 Å². The van der Waals surface area contributed by atoms with Gasteiger partial charge in [-0.05, 0) is 86.1 Å². The third kappa shape index (κ3) is 4.17. The molecule has 3 heterocycles. The van der Waals surface area contributed by atoms with Gasteiger partial charge in [0.1, 0.15) is 0 Å². The van der Waals surface area contributed by atoms with Gasteiger partial charge in [0.2, 0.25) is 0 Å². The Bertz CT molecular complexity index is 2380. The highest BCUT2D eigenvalue weighted by molar-refractivity contribution is 6.11. The number of benzene rings is 6. The molecule has 0 aliphatic rings. The summed E-state index contributed by atoms with van der Waals surface area (Å²) in [6.45, 7) is 4.26. The van der Waals surface area contributed by atoms with Gasteiger partial charge in [-0.15, -0.1) is 0 Å². The predicted molar refractivity (Wildman–Crippen MR) is 193 cm³/mol. The molecule has 0 fully saturated rings. The number of aryl methyl sites for hydroxylation is 2. The molecule has 0 bridgehead atoms. The minimum absolute atomic E-state index is 0.967. The maximum Gasteiger partial charge on any atom is 0.0702 e. The fourth-order valence-corrected chi connectivity index (χ4v) is 6.96. The van der Waals surface area contributed by atoms with Crippen LogP contribution in [0.25, 0.3) is 77.4 Å². The molecule has 0 spiro atoms. The quantitative estimate of drug-likeness (QED) is 0.200. The Hall–Kier alpha value is -5.93. The average molecular weight is 590 g/mol. The summed E-state index contributed by atoms with van der Waals surface area (Å²) in [7, 11) is 0. The Morgan fingerprint density at radius 2 is 0.848 bits per heavy atom. The van der Waals surface area contributed by atoms with E-state index in [4.69, 9.17) is 4.98 Å². The summed E-state index contributed by atoms with van der Waals surface area (Å²) in [4.78, 5) is 4.98. The monoisotopic (exact) mass is 589 g/mol. The van der Waals surface area contributed by atoms with E-state index in [0.717, 1.165) is 22.4 Å². The summed E-state index contributed by atoms with van der Waals surface area (Å²) in [5, 5.41) is 4.97. The van der Waals surface area contributed by atoms with Crippen LogP contribution in [0.1, 0.15) is 11.1 Å². The molecule has 218 valence electrons. The number of aromatic nitrogens is 3. The molecule has 0 atom stereocenters. The van der Waals surface area contributed by atoms with Crippen molar-refractivity contribution >= 4 is 43.6 Å². The highest BCUT2D eigenvalue weighted by atomic mass is 15.0. The molecule has 9 aromatic rings. The third-order valence-corrected chi connectivity index (χ3v) is 9.32. The minimum atomic E-state index is 0.967. The van der Waals surface area contributed by atoms with Crippen LogP contribution in [0.15, 0.2) is 152 Å². The van der Waals surface area contributed by atoms with Gasteiger partial charge in [-0.1, -0.05) is 90.0 Å². The summed E-state index contributed by atoms with van der Waals surface area (Å²) in [5.41, 5.74) is 14.0. The summed E-state index contributed by atoms with van der Waals surface area (Å²) < 4.78 is 4.72. The summed E-state index contributed by atoms with van der Waals surface area (Å²) in [6.07, 6.45) is 2.01. The SMILES string of the molecule is Cc1ccc(-n2c3ccccc3c3cc(-c4ccc(-c5ccc6c(c5)c5ccccc5n6-c5ccc(C)cc5)nc4)ccc32)cc1. The lowest BCUT2D eigenvalue weighted by Crippen LogP contribution is -1.93. The second-order valence-corrected chi connectivity index (χ2v) is 12.3. The summed E-state index contributed by atoms with van der Waals surface area (Å²) in [6, 6.07) is 52.7. The smallest absolute Gasteiger partial charge is 0.0702 e. The Balaban J connectivity index is 1.12. The molecular formula is C43H31N3. The highest BCUT2D eigenvalue weighted by Gasteiger charge is 2.15. The van der Waals surface area contributed by atoms with Crippen molar-refractivity contribution in [1.82, 2.24) is 14.1 Å². The van der Waals surface area contributed by atoms with E-state index in [-0.39, 0.29) is 0 Å². The fraction of sp³-hybridized carbons (Fsp3) is 0.0465. The van der Waals surface area contributed by atoms with Crippen LogP contribution in [0.4, 0.5) is 0 Å². The van der Waals surface area contributed by atoms with Crippen LogP contribution in [0.5, 0.6) is 0 Å². The van der Waals surface area contributed by atoms with Gasteiger partial charge in [-0.3, -0.25) is 4.98 Å². The molecule has 9 rings (SSSR count). The molecule has 0 saturated carbocycles. The van der Waals surface area contributed by atoms with E-state index < -0.39 is 0 Å². The molecule has 46 heavy (non-hydrogen) atoms. The minimum Gasteiger partial charge on any atom is -0.309 e. The molecule has 0 unspecified atom stereocenters. The lowest BCUT2D eigenvalue weighted by Gasteiger charge is -2.09. The second-order valence-electron chi connectivity index (χ2n) is 12.3. The lowest BCUT2D eigenvalue weighted by molar-refractivity contribution is 1.17. The molecule has 3 aromatic heterocycles. The summed E-state index contributed by atoms with van der Waals surface area (Å²) >= 11 is 0. The molecular weight excluding hydrogens is 558 g/mol. The van der Waals surface area contributed by atoms with Crippen LogP contribution in [0.2, 0.25) is 0 Å². The van der Waals surface area contributed by atoms with E-state index in [2.05, 4.69) is 169 Å². The van der Waals surface area contributed by atoms with Crippen LogP contribution < -0.4 is 0 Å². The number of rotatable bonds is 4. The number of nitrogens with zero attached hydrogens (tertiary/aromatic N) is 3. The zero-order chi connectivity index (χ0) is 30.8.